The molecule has 116 valence electrons. The van der Waals surface area contributed by atoms with E-state index in [9.17, 15) is 0 Å². The quantitative estimate of drug-likeness (QED) is 0.293. The van der Waals surface area contributed by atoms with Crippen LogP contribution in [0.5, 0.6) is 0 Å². The maximum absolute atomic E-state index is 2.32. The van der Waals surface area contributed by atoms with Crippen LogP contribution in [0.4, 0.5) is 0 Å². The first-order valence-electron chi connectivity index (χ1n) is 6.81. The number of benzene rings is 2. The van der Waals surface area contributed by atoms with Gasteiger partial charge in [0.15, 0.2) is 0 Å². The van der Waals surface area contributed by atoms with Crippen LogP contribution in [-0.4, -0.2) is 0 Å². The molecule has 0 aliphatic heterocycles. The van der Waals surface area contributed by atoms with E-state index in [1.165, 1.54) is 27.5 Å². The third-order valence-corrected chi connectivity index (χ3v) is 3.72. The van der Waals surface area contributed by atoms with Gasteiger partial charge >= 0.3 is 0 Å². The van der Waals surface area contributed by atoms with Crippen molar-refractivity contribution < 1.29 is 25.8 Å². The van der Waals surface area contributed by atoms with Crippen LogP contribution in [0.3, 0.4) is 0 Å². The van der Waals surface area contributed by atoms with Crippen molar-refractivity contribution in [1.29, 1.82) is 0 Å². The minimum Gasteiger partial charge on any atom is -0.358 e. The molecule has 0 heterocycles. The predicted molar refractivity (Wildman–Crippen MR) is 96.5 cm³/mol. The summed E-state index contributed by atoms with van der Waals surface area (Å²) in [6, 6.07) is 21.9. The van der Waals surface area contributed by atoms with Crippen LogP contribution in [0.2, 0.25) is 0 Å². The molecule has 0 bridgehead atoms. The predicted octanol–water partition coefficient (Wildman–Crippen LogP) is 6.42. The second-order valence-electron chi connectivity index (χ2n) is 6.17. The van der Waals surface area contributed by atoms with Gasteiger partial charge in [0, 0.05) is 25.8 Å². The van der Waals surface area contributed by atoms with Gasteiger partial charge in [-0.05, 0) is 16.5 Å². The molecule has 0 saturated carbocycles. The summed E-state index contributed by atoms with van der Waals surface area (Å²) in [7, 11) is 0. The van der Waals surface area contributed by atoms with Gasteiger partial charge in [0.05, 0.1) is 0 Å². The molecule has 22 heavy (non-hydrogen) atoms. The fourth-order valence-electron chi connectivity index (χ4n) is 2.57. The number of hydrogen-bond acceptors (Lipinski definition) is 0. The average Bonchev–Trinajstić information content (AvgIpc) is 2.86. The zero-order chi connectivity index (χ0) is 13.5. The summed E-state index contributed by atoms with van der Waals surface area (Å²) in [5.41, 5.74) is 4.21. The Balaban J connectivity index is 0.00000147. The van der Waals surface area contributed by atoms with Crippen LogP contribution in [0.15, 0.2) is 60.7 Å². The van der Waals surface area contributed by atoms with Gasteiger partial charge in [-0.15, -0.1) is 29.0 Å². The molecule has 1 heteroatoms. The standard InChI is InChI=1S/C19H19.2CH3.Hf/c1-19(2,3)16-10-4-9-15(13-16)18-12-6-8-14-7-5-11-17(14)18;;;/h4-13H,1-3H3;2*1H3;/q3*-1;. The monoisotopic (exact) mass is 457 g/mol. The molecule has 3 aromatic carbocycles. The van der Waals surface area contributed by atoms with Crippen LogP contribution in [-0.2, 0) is 31.3 Å². The Morgan fingerprint density at radius 3 is 2.23 bits per heavy atom. The minimum absolute atomic E-state index is 0. The fourth-order valence-corrected chi connectivity index (χ4v) is 2.57. The zero-order valence-corrected chi connectivity index (χ0v) is 17.9. The third kappa shape index (κ3) is 4.01. The van der Waals surface area contributed by atoms with Crippen molar-refractivity contribution >= 4 is 10.8 Å². The molecule has 0 saturated heterocycles. The average molecular weight is 456 g/mol. The summed E-state index contributed by atoms with van der Waals surface area (Å²) < 4.78 is 0. The van der Waals surface area contributed by atoms with E-state index in [1.807, 2.05) is 0 Å². The van der Waals surface area contributed by atoms with Gasteiger partial charge in [0.25, 0.3) is 0 Å². The van der Waals surface area contributed by atoms with Gasteiger partial charge in [0.2, 0.25) is 0 Å². The molecule has 3 aromatic rings. The van der Waals surface area contributed by atoms with E-state index in [0.717, 1.165) is 0 Å². The van der Waals surface area contributed by atoms with Gasteiger partial charge in [-0.1, -0.05) is 56.7 Å². The van der Waals surface area contributed by atoms with Gasteiger partial charge in [0.1, 0.15) is 0 Å². The van der Waals surface area contributed by atoms with Crippen LogP contribution in [0, 0.1) is 14.9 Å². The third-order valence-electron chi connectivity index (χ3n) is 3.72. The number of rotatable bonds is 1. The van der Waals surface area contributed by atoms with Gasteiger partial charge in [-0.2, -0.15) is 12.1 Å². The molecule has 0 spiro atoms. The first-order valence-corrected chi connectivity index (χ1v) is 6.81. The van der Waals surface area contributed by atoms with Gasteiger partial charge < -0.3 is 14.9 Å². The molecule has 0 nitrogen and oxygen atoms in total. The Labute approximate surface area is 154 Å². The van der Waals surface area contributed by atoms with Gasteiger partial charge in [-0.25, -0.2) is 0 Å². The van der Waals surface area contributed by atoms with E-state index >= 15 is 0 Å². The van der Waals surface area contributed by atoms with Crippen molar-refractivity contribution in [3.05, 3.63) is 81.1 Å². The fraction of sp³-hybridized carbons (Fsp3) is 0.190. The van der Waals surface area contributed by atoms with Crippen molar-refractivity contribution in [3.8, 4) is 11.1 Å². The van der Waals surface area contributed by atoms with Crippen molar-refractivity contribution in [3.63, 3.8) is 0 Å². The zero-order valence-electron chi connectivity index (χ0n) is 14.3. The second-order valence-corrected chi connectivity index (χ2v) is 6.17. The SMILES string of the molecule is CC(C)(C)c1cccc(-c2cccc3[cH-]ccc23)c1.[CH3-].[CH3-].[Hf]. The Bertz CT molecular complexity index is 714. The molecule has 0 N–H and O–H groups in total. The van der Waals surface area contributed by atoms with Crippen molar-refractivity contribution in [2.75, 3.05) is 0 Å². The molecule has 0 atom stereocenters. The molecule has 0 fully saturated rings. The molecule has 0 aliphatic rings. The Morgan fingerprint density at radius 1 is 0.864 bits per heavy atom. The summed E-state index contributed by atoms with van der Waals surface area (Å²) >= 11 is 0. The largest absolute Gasteiger partial charge is 0.358 e. The topological polar surface area (TPSA) is 0 Å². The van der Waals surface area contributed by atoms with Crippen molar-refractivity contribution in [2.45, 2.75) is 26.2 Å². The van der Waals surface area contributed by atoms with Crippen LogP contribution in [0.1, 0.15) is 26.3 Å². The molecule has 3 rings (SSSR count). The molecule has 0 radical (unpaired) electrons. The number of fused-ring (bicyclic) bond motifs is 1. The first kappa shape index (κ1) is 20.9. The number of hydrogen-bond donors (Lipinski definition) is 0. The molecule has 0 aliphatic carbocycles. The molecular formula is C21H25Hf-3. The maximum Gasteiger partial charge on any atom is 0 e. The van der Waals surface area contributed by atoms with Crippen molar-refractivity contribution in [2.24, 2.45) is 0 Å². The van der Waals surface area contributed by atoms with E-state index in [1.54, 1.807) is 0 Å². The summed E-state index contributed by atoms with van der Waals surface area (Å²) in [5.74, 6) is 0. The molecular weight excluding hydrogens is 431 g/mol. The Hall–Kier alpha value is -1.08. The summed E-state index contributed by atoms with van der Waals surface area (Å²) in [4.78, 5) is 0. The van der Waals surface area contributed by atoms with E-state index < -0.39 is 0 Å². The maximum atomic E-state index is 2.32. The normalized spacial score (nSPS) is 10.3. The minimum atomic E-state index is 0. The van der Waals surface area contributed by atoms with Crippen LogP contribution < -0.4 is 0 Å². The second kappa shape index (κ2) is 7.97. The summed E-state index contributed by atoms with van der Waals surface area (Å²) in [6.07, 6.45) is 0. The molecule has 0 amide bonds. The summed E-state index contributed by atoms with van der Waals surface area (Å²) in [5, 5.41) is 2.66. The molecule has 0 aromatic heterocycles. The Kier molecular flexibility index (Phi) is 7.57. The van der Waals surface area contributed by atoms with Crippen LogP contribution in [0.25, 0.3) is 21.9 Å². The molecule has 0 unspecified atom stereocenters. The van der Waals surface area contributed by atoms with E-state index in [4.69, 9.17) is 0 Å². The Morgan fingerprint density at radius 2 is 1.55 bits per heavy atom. The first-order chi connectivity index (χ1) is 9.05. The van der Waals surface area contributed by atoms with Gasteiger partial charge in [-0.3, -0.25) is 0 Å². The van der Waals surface area contributed by atoms with E-state index in [-0.39, 0.29) is 46.1 Å². The van der Waals surface area contributed by atoms with Crippen molar-refractivity contribution in [1.82, 2.24) is 0 Å². The van der Waals surface area contributed by atoms with E-state index in [2.05, 4.69) is 81.4 Å². The summed E-state index contributed by atoms with van der Waals surface area (Å²) in [6.45, 7) is 6.78. The smallest absolute Gasteiger partial charge is 0 e. The van der Waals surface area contributed by atoms with E-state index in [0.29, 0.717) is 0 Å². The van der Waals surface area contributed by atoms with Crippen LogP contribution >= 0.6 is 0 Å².